The molecule has 2 saturated heterocycles. The van der Waals surface area contributed by atoms with Gasteiger partial charge in [0.15, 0.2) is 12.4 Å². The molecule has 2 aromatic carbocycles. The molecule has 0 aliphatic carbocycles. The number of H-pyrrole nitrogens is 1. The number of hydrogen-bond acceptors (Lipinski definition) is 10. The maximum Gasteiger partial charge on any atom is 0.266 e. The Morgan fingerprint density at radius 3 is 2.35 bits per heavy atom. The number of aromatic amines is 1. The molecule has 3 aliphatic rings. The first-order chi connectivity index (χ1) is 30.2. The summed E-state index contributed by atoms with van der Waals surface area (Å²) < 4.78 is 5.65. The van der Waals surface area contributed by atoms with E-state index in [0.717, 1.165) is 96.1 Å². The zero-order valence-electron chi connectivity index (χ0n) is 34.2. The summed E-state index contributed by atoms with van der Waals surface area (Å²) in [7, 11) is 0. The summed E-state index contributed by atoms with van der Waals surface area (Å²) >= 11 is 0. The number of carbonyl (C=O) groups is 7. The monoisotopic (exact) mass is 837 g/mol. The number of rotatable bonds is 18. The normalized spacial score (nSPS) is 16.3. The van der Waals surface area contributed by atoms with Crippen LogP contribution >= 0.6 is 0 Å². The summed E-state index contributed by atoms with van der Waals surface area (Å²) in [5, 5.41) is 5.85. The number of fused-ring (bicyclic) bond motifs is 2. The van der Waals surface area contributed by atoms with Crippen LogP contribution in [-0.4, -0.2) is 86.8 Å². The maximum atomic E-state index is 13.2. The number of aromatic nitrogens is 3. The Hall–Kier alpha value is -7.03. The van der Waals surface area contributed by atoms with E-state index in [9.17, 15) is 33.6 Å². The third-order valence-corrected chi connectivity index (χ3v) is 11.7. The average molecular weight is 838 g/mol. The van der Waals surface area contributed by atoms with Crippen LogP contribution in [0.15, 0.2) is 79.3 Å². The molecular weight excluding hydrogens is 791 g/mol. The molecule has 2 fully saturated rings. The molecule has 3 N–H and O–H groups in total. The second kappa shape index (κ2) is 18.7. The van der Waals surface area contributed by atoms with Crippen LogP contribution in [0.2, 0.25) is 0 Å². The highest BCUT2D eigenvalue weighted by Crippen LogP contribution is 2.35. The van der Waals surface area contributed by atoms with Gasteiger partial charge in [-0.3, -0.25) is 48.8 Å². The number of ketones is 1. The summed E-state index contributed by atoms with van der Waals surface area (Å²) in [6.07, 6.45) is 13.8. The highest BCUT2D eigenvalue weighted by atomic mass is 16.5. The summed E-state index contributed by atoms with van der Waals surface area (Å²) in [5.74, 6) is -2.58. The van der Waals surface area contributed by atoms with E-state index in [-0.39, 0.29) is 53.9 Å². The zero-order chi connectivity index (χ0) is 43.2. The number of piperidine rings is 1. The number of ether oxygens (including phenoxy) is 1. The number of carbonyl (C=O) groups excluding carboxylic acids is 7. The molecule has 1 atom stereocenters. The van der Waals surface area contributed by atoms with Crippen molar-refractivity contribution in [3.8, 4) is 28.0 Å². The first-order valence-corrected chi connectivity index (χ1v) is 21.3. The van der Waals surface area contributed by atoms with Crippen molar-refractivity contribution in [3.63, 3.8) is 0 Å². The van der Waals surface area contributed by atoms with Crippen LogP contribution in [0.1, 0.15) is 108 Å². The van der Waals surface area contributed by atoms with Crippen molar-refractivity contribution in [1.29, 1.82) is 0 Å². The predicted molar refractivity (Wildman–Crippen MR) is 229 cm³/mol. The second-order valence-electron chi connectivity index (χ2n) is 15.9. The highest BCUT2D eigenvalue weighted by molar-refractivity contribution is 6.24. The van der Waals surface area contributed by atoms with E-state index in [2.05, 4.69) is 31.7 Å². The number of nitrogens with one attached hydrogen (secondary N) is 3. The van der Waals surface area contributed by atoms with Gasteiger partial charge in [0.1, 0.15) is 17.4 Å². The van der Waals surface area contributed by atoms with Gasteiger partial charge in [-0.2, -0.15) is 0 Å². The van der Waals surface area contributed by atoms with Crippen molar-refractivity contribution in [2.24, 2.45) is 0 Å². The molecule has 6 heterocycles. The Bertz CT molecular complexity index is 2570. The lowest BCUT2D eigenvalue weighted by molar-refractivity contribution is -0.136. The second-order valence-corrected chi connectivity index (χ2v) is 15.9. The van der Waals surface area contributed by atoms with Crippen molar-refractivity contribution >= 4 is 57.9 Å². The van der Waals surface area contributed by atoms with E-state index in [4.69, 9.17) is 4.74 Å². The number of anilines is 1. The van der Waals surface area contributed by atoms with E-state index < -0.39 is 29.7 Å². The van der Waals surface area contributed by atoms with Crippen LogP contribution in [0.4, 0.5) is 5.69 Å². The minimum absolute atomic E-state index is 0.00266. The minimum atomic E-state index is -1.09. The number of pyridine rings is 2. The summed E-state index contributed by atoms with van der Waals surface area (Å²) in [4.78, 5) is 103. The van der Waals surface area contributed by atoms with Crippen LogP contribution in [-0.2, 0) is 19.2 Å². The fraction of sp³-hybridized carbons (Fsp3) is 0.340. The molecule has 8 rings (SSSR count). The number of imide groups is 2. The molecule has 0 saturated carbocycles. The molecule has 3 aromatic heterocycles. The largest absolute Gasteiger partial charge is 0.483 e. The fourth-order valence-electron chi connectivity index (χ4n) is 8.38. The van der Waals surface area contributed by atoms with Gasteiger partial charge in [-0.05, 0) is 79.3 Å². The zero-order valence-corrected chi connectivity index (χ0v) is 34.2. The van der Waals surface area contributed by atoms with Crippen LogP contribution in [0.3, 0.4) is 0 Å². The van der Waals surface area contributed by atoms with Gasteiger partial charge in [0.2, 0.25) is 17.7 Å². The third-order valence-electron chi connectivity index (χ3n) is 11.7. The Balaban J connectivity index is 0.729. The summed E-state index contributed by atoms with van der Waals surface area (Å²) in [5.41, 5.74) is 5.96. The summed E-state index contributed by atoms with van der Waals surface area (Å²) in [6, 6.07) is 17.3. The first kappa shape index (κ1) is 41.7. The lowest BCUT2D eigenvalue weighted by Gasteiger charge is -2.27. The van der Waals surface area contributed by atoms with Gasteiger partial charge in [-0.25, -0.2) is 4.98 Å². The molecule has 15 nitrogen and oxygen atoms in total. The average Bonchev–Trinajstić information content (AvgIpc) is 3.99. The minimum Gasteiger partial charge on any atom is -0.483 e. The van der Waals surface area contributed by atoms with Crippen molar-refractivity contribution in [2.75, 3.05) is 24.6 Å². The molecule has 0 radical (unpaired) electrons. The van der Waals surface area contributed by atoms with Crippen molar-refractivity contribution in [1.82, 2.24) is 30.5 Å². The van der Waals surface area contributed by atoms with Gasteiger partial charge >= 0.3 is 0 Å². The van der Waals surface area contributed by atoms with E-state index >= 15 is 0 Å². The Morgan fingerprint density at radius 1 is 0.806 bits per heavy atom. The number of nitrogens with zero attached hydrogens (tertiary/aromatic N) is 4. The van der Waals surface area contributed by atoms with E-state index in [0.29, 0.717) is 30.7 Å². The Morgan fingerprint density at radius 2 is 1.58 bits per heavy atom. The smallest absolute Gasteiger partial charge is 0.266 e. The molecule has 6 amide bonds. The topological polar surface area (TPSA) is 201 Å². The fourth-order valence-corrected chi connectivity index (χ4v) is 8.38. The lowest BCUT2D eigenvalue weighted by Crippen LogP contribution is -2.54. The molecule has 0 spiro atoms. The number of amides is 6. The van der Waals surface area contributed by atoms with Crippen LogP contribution in [0, 0.1) is 0 Å². The lowest BCUT2D eigenvalue weighted by atomic mass is 10.0. The summed E-state index contributed by atoms with van der Waals surface area (Å²) in [6.45, 7) is 0.862. The predicted octanol–water partition coefficient (Wildman–Crippen LogP) is 6.32. The standard InChI is InChI=1S/C47H47N7O8/c55-38(36-25-35-33(20-22-50-44(35)51-36)31-24-30(26-48-27-31)29-14-16-32(17-15-29)53-23-9-13-42(53)58)11-6-4-2-1-3-5-7-21-49-41(57)28-62-39-12-8-10-34-43(39)47(61)54(46(34)60)37-18-19-40(56)52-45(37)59/h8,10,12,14-17,20,22,24-27,37H,1-7,9,11,13,18-19,21,23,28H2,(H,49,57)(H,50,51)(H,52,56,59). The van der Waals surface area contributed by atoms with Crippen molar-refractivity contribution < 1.29 is 38.3 Å². The Labute approximate surface area is 357 Å². The number of unbranched alkanes of at least 4 members (excludes halogenated alkanes) is 6. The molecule has 1 unspecified atom stereocenters. The third kappa shape index (κ3) is 9.02. The van der Waals surface area contributed by atoms with Gasteiger partial charge in [-0.1, -0.05) is 50.3 Å². The number of benzene rings is 2. The van der Waals surface area contributed by atoms with Gasteiger partial charge in [0, 0.05) is 73.1 Å². The molecule has 0 bridgehead atoms. The van der Waals surface area contributed by atoms with E-state index in [1.807, 2.05) is 53.7 Å². The van der Waals surface area contributed by atoms with Gasteiger partial charge < -0.3 is 19.9 Å². The molecule has 62 heavy (non-hydrogen) atoms. The first-order valence-electron chi connectivity index (χ1n) is 21.3. The number of hydrogen-bond donors (Lipinski definition) is 3. The van der Waals surface area contributed by atoms with Crippen molar-refractivity contribution in [2.45, 2.75) is 83.1 Å². The molecule has 5 aromatic rings. The number of Topliss-reactive ketones (excluding diaryl/α,β-unsaturated/α-hetero) is 1. The molecule has 15 heteroatoms. The molecule has 3 aliphatic heterocycles. The van der Waals surface area contributed by atoms with Crippen LogP contribution in [0.5, 0.6) is 5.75 Å². The molecular formula is C47H47N7O8. The van der Waals surface area contributed by atoms with Gasteiger partial charge in [0.25, 0.3) is 17.7 Å². The highest BCUT2D eigenvalue weighted by Gasteiger charge is 2.46. The van der Waals surface area contributed by atoms with E-state index in [1.54, 1.807) is 12.3 Å². The van der Waals surface area contributed by atoms with Crippen molar-refractivity contribution in [3.05, 3.63) is 96.1 Å². The van der Waals surface area contributed by atoms with Gasteiger partial charge in [0.05, 0.1) is 16.8 Å². The molecule has 318 valence electrons. The quantitative estimate of drug-likeness (QED) is 0.0510. The maximum absolute atomic E-state index is 13.2. The van der Waals surface area contributed by atoms with Gasteiger partial charge in [-0.15, -0.1) is 0 Å². The van der Waals surface area contributed by atoms with Crippen LogP contribution < -0.4 is 20.3 Å². The van der Waals surface area contributed by atoms with E-state index in [1.165, 1.54) is 12.1 Å². The van der Waals surface area contributed by atoms with Crippen LogP contribution in [0.25, 0.3) is 33.3 Å². The Kier molecular flexibility index (Phi) is 12.6. The SMILES string of the molecule is O=C(COc1cccc2c1C(=O)N(C1CCC(=O)NC1=O)C2=O)NCCCCCCCCCC(=O)c1cc2c(-c3cncc(-c4ccc(N5CCCC5=O)cc4)c3)ccnc2[nH]1.